The molecule has 0 aliphatic carbocycles. The molecule has 0 bridgehead atoms. The number of hydrogen-bond donors (Lipinski definition) is 0. The summed E-state index contributed by atoms with van der Waals surface area (Å²) in [6, 6.07) is 24.1. The molecule has 0 fully saturated rings. The number of quaternary nitrogens is 1. The van der Waals surface area contributed by atoms with Gasteiger partial charge in [-0.1, -0.05) is 0 Å². The van der Waals surface area contributed by atoms with Crippen molar-refractivity contribution in [1.29, 1.82) is 0 Å². The van der Waals surface area contributed by atoms with E-state index in [1.165, 1.54) is 33.4 Å². The molecule has 38 heavy (non-hydrogen) atoms. The van der Waals surface area contributed by atoms with Crippen LogP contribution in [0.5, 0.6) is 17.2 Å². The average molecular weight is 526 g/mol. The quantitative estimate of drug-likeness (QED) is 0.238. The van der Waals surface area contributed by atoms with Crippen molar-refractivity contribution >= 4 is 12.7 Å². The molecule has 3 aliphatic heterocycles. The van der Waals surface area contributed by atoms with Crippen molar-refractivity contribution < 1.29 is 17.8 Å². The van der Waals surface area contributed by atoms with Gasteiger partial charge in [-0.15, -0.1) is 0 Å². The van der Waals surface area contributed by atoms with E-state index >= 15 is 0 Å². The molecule has 4 nitrogen and oxygen atoms in total. The van der Waals surface area contributed by atoms with Gasteiger partial charge >= 0.3 is 226 Å². The van der Waals surface area contributed by atoms with E-state index in [2.05, 4.69) is 108 Å². The number of hydrogen-bond acceptors (Lipinski definition) is 3. The Bertz CT molecular complexity index is 1500. The van der Waals surface area contributed by atoms with E-state index in [1.807, 2.05) is 0 Å². The second-order valence-electron chi connectivity index (χ2n) is 11.9. The number of aryl methyl sites for hydroxylation is 6. The zero-order valence-corrected chi connectivity index (χ0v) is 24.1. The molecule has 3 aliphatic rings. The minimum absolute atomic E-state index is 0.589. The monoisotopic (exact) mass is 525 g/mol. The standard InChI is InChI=1S/C33H36NO3P/c1-21-12-24(4)31-27(15-21)18-34-19-28-16-22(2)13-25(5)32(28)36-38(34,35-31,30-10-8-7-9-11-30)37-33-26(6)14-23(3)17-29(33)20-34/h7-17,38H,18-20H2,1-6H3. The maximum atomic E-state index is 7.54. The Balaban J connectivity index is 1.64. The van der Waals surface area contributed by atoms with E-state index < -0.39 is 7.43 Å². The van der Waals surface area contributed by atoms with Crippen molar-refractivity contribution in [2.24, 2.45) is 0 Å². The van der Waals surface area contributed by atoms with Crippen LogP contribution in [0.25, 0.3) is 0 Å². The molecule has 4 aromatic rings. The van der Waals surface area contributed by atoms with Crippen LogP contribution in [0.1, 0.15) is 50.1 Å². The number of benzene rings is 4. The third-order valence-electron chi connectivity index (χ3n) is 8.83. The van der Waals surface area contributed by atoms with Crippen molar-refractivity contribution in [2.75, 3.05) is 0 Å². The molecule has 0 spiro atoms. The Morgan fingerprint density at radius 2 is 0.895 bits per heavy atom. The Hall–Kier alpha value is -3.33. The fourth-order valence-corrected chi connectivity index (χ4v) is 13.2. The Morgan fingerprint density at radius 3 is 1.26 bits per heavy atom. The predicted molar refractivity (Wildman–Crippen MR) is 155 cm³/mol. The van der Waals surface area contributed by atoms with Crippen LogP contribution in [0, 0.1) is 41.5 Å². The Morgan fingerprint density at radius 1 is 0.526 bits per heavy atom. The van der Waals surface area contributed by atoms with Crippen LogP contribution < -0.4 is 18.9 Å². The SMILES string of the molecule is Cc1cc(C)c2c(c1)C[N+]13Cc4cc(C)cc(C)c4O[PH-]1(c1ccccc1)(O2)Oc1c(C)cc(C)cc1C3. The second kappa shape index (κ2) is 7.62. The van der Waals surface area contributed by atoms with Gasteiger partial charge in [0.2, 0.25) is 0 Å². The number of rotatable bonds is 1. The normalized spacial score (nSPS) is 22.4. The fourth-order valence-electron chi connectivity index (χ4n) is 7.53. The van der Waals surface area contributed by atoms with Gasteiger partial charge in [-0.25, -0.2) is 0 Å². The van der Waals surface area contributed by atoms with Gasteiger partial charge in [0.15, 0.2) is 0 Å². The third kappa shape index (κ3) is 2.93. The van der Waals surface area contributed by atoms with Crippen LogP contribution in [0.15, 0.2) is 66.7 Å². The van der Waals surface area contributed by atoms with Crippen molar-refractivity contribution in [3.8, 4) is 17.2 Å². The predicted octanol–water partition coefficient (Wildman–Crippen LogP) is 7.70. The molecule has 196 valence electrons. The van der Waals surface area contributed by atoms with Crippen LogP contribution in [0.3, 0.4) is 0 Å². The van der Waals surface area contributed by atoms with Crippen LogP contribution in [0.2, 0.25) is 0 Å². The van der Waals surface area contributed by atoms with Gasteiger partial charge in [0.25, 0.3) is 0 Å². The van der Waals surface area contributed by atoms with Gasteiger partial charge in [-0.3, -0.25) is 0 Å². The maximum absolute atomic E-state index is 7.54. The van der Waals surface area contributed by atoms with Crippen molar-refractivity contribution in [2.45, 2.75) is 61.2 Å². The molecule has 0 unspecified atom stereocenters. The molecular weight excluding hydrogens is 489 g/mol. The summed E-state index contributed by atoms with van der Waals surface area (Å²) >= 11 is 0. The van der Waals surface area contributed by atoms with Gasteiger partial charge in [-0.2, -0.15) is 0 Å². The van der Waals surface area contributed by atoms with Gasteiger partial charge in [0.1, 0.15) is 0 Å². The van der Waals surface area contributed by atoms with Gasteiger partial charge < -0.3 is 0 Å². The number of fused-ring (bicyclic) bond motifs is 3. The van der Waals surface area contributed by atoms with Gasteiger partial charge in [0, 0.05) is 0 Å². The van der Waals surface area contributed by atoms with Crippen LogP contribution >= 0.6 is 7.43 Å². The summed E-state index contributed by atoms with van der Waals surface area (Å²) in [6.07, 6.45) is 0. The van der Waals surface area contributed by atoms with E-state index in [0.29, 0.717) is 4.25 Å². The molecule has 0 N–H and O–H groups in total. The molecular formula is C33H36NO3P. The van der Waals surface area contributed by atoms with Crippen molar-refractivity contribution in [3.63, 3.8) is 0 Å². The van der Waals surface area contributed by atoms with Gasteiger partial charge in [-0.05, 0) is 0 Å². The van der Waals surface area contributed by atoms with Gasteiger partial charge in [0.05, 0.1) is 0 Å². The molecule has 0 aromatic heterocycles. The summed E-state index contributed by atoms with van der Waals surface area (Å²) in [5.41, 5.74) is 10.8. The first kappa shape index (κ1) is 23.8. The topological polar surface area (TPSA) is 27.7 Å². The summed E-state index contributed by atoms with van der Waals surface area (Å²) in [6.45, 7) is 15.3. The first-order valence-electron chi connectivity index (χ1n) is 13.6. The number of nitrogens with zero attached hydrogens (tertiary/aromatic N) is 1. The molecule has 3 heterocycles. The molecule has 4 aromatic carbocycles. The van der Waals surface area contributed by atoms with Crippen molar-refractivity contribution in [1.82, 2.24) is 0 Å². The van der Waals surface area contributed by atoms with E-state index in [4.69, 9.17) is 13.6 Å². The summed E-state index contributed by atoms with van der Waals surface area (Å²) in [7, 11) is -4.53. The zero-order chi connectivity index (χ0) is 26.5. The summed E-state index contributed by atoms with van der Waals surface area (Å²) < 4.78 is 23.2. The molecule has 7 rings (SSSR count). The second-order valence-corrected chi connectivity index (χ2v) is 16.0. The average Bonchev–Trinajstić information content (AvgIpc) is 2.85. The van der Waals surface area contributed by atoms with E-state index in [1.54, 1.807) is 0 Å². The Labute approximate surface area is 225 Å². The van der Waals surface area contributed by atoms with Crippen LogP contribution in [-0.4, -0.2) is 4.25 Å². The Kier molecular flexibility index (Phi) is 4.77. The first-order chi connectivity index (χ1) is 18.1. The third-order valence-corrected chi connectivity index (χ3v) is 13.9. The summed E-state index contributed by atoms with van der Waals surface area (Å²) in [5, 5.41) is 1.02. The molecule has 0 amide bonds. The van der Waals surface area contributed by atoms with Crippen molar-refractivity contribution in [3.05, 3.63) is 117 Å². The van der Waals surface area contributed by atoms with E-state index in [-0.39, 0.29) is 0 Å². The van der Waals surface area contributed by atoms with Crippen LogP contribution in [0.4, 0.5) is 0 Å². The van der Waals surface area contributed by atoms with E-state index in [0.717, 1.165) is 58.9 Å². The molecule has 5 heteroatoms. The zero-order valence-electron chi connectivity index (χ0n) is 23.1. The fraction of sp³-hybridized carbons (Fsp3) is 0.273. The summed E-state index contributed by atoms with van der Waals surface area (Å²) in [5.74, 6) is 2.76. The van der Waals surface area contributed by atoms with E-state index in [9.17, 15) is 0 Å². The molecule has 0 saturated carbocycles. The first-order valence-corrected chi connectivity index (χ1v) is 15.8. The molecule has 0 radical (unpaired) electrons. The van der Waals surface area contributed by atoms with Crippen LogP contribution in [-0.2, 0) is 19.6 Å². The molecule has 0 atom stereocenters. The minimum atomic E-state index is -4.53. The molecule has 0 saturated heterocycles. The summed E-state index contributed by atoms with van der Waals surface area (Å²) in [4.78, 5) is 0.